The molecule has 1 aliphatic rings. The van der Waals surface area contributed by atoms with Crippen LogP contribution in [-0.4, -0.2) is 19.5 Å². The zero-order valence-corrected chi connectivity index (χ0v) is 9.79. The third-order valence-electron chi connectivity index (χ3n) is 2.67. The van der Waals surface area contributed by atoms with Gasteiger partial charge in [0.05, 0.1) is 24.8 Å². The van der Waals surface area contributed by atoms with Gasteiger partial charge in [0.25, 0.3) is 0 Å². The Kier molecular flexibility index (Phi) is 3.46. The van der Waals surface area contributed by atoms with E-state index in [1.807, 2.05) is 12.1 Å². The highest BCUT2D eigenvalue weighted by Crippen LogP contribution is 2.37. The van der Waals surface area contributed by atoms with Crippen molar-refractivity contribution in [1.82, 2.24) is 0 Å². The molecular weight excluding hydrogens is 228 g/mol. The van der Waals surface area contributed by atoms with Crippen molar-refractivity contribution in [2.75, 3.05) is 13.7 Å². The molecular formula is C12H13ClO3. The minimum absolute atomic E-state index is 0.207. The maximum atomic E-state index is 11.4. The molecule has 86 valence electrons. The van der Waals surface area contributed by atoms with Crippen LogP contribution in [0, 0.1) is 0 Å². The summed E-state index contributed by atoms with van der Waals surface area (Å²) >= 11 is 6.12. The van der Waals surface area contributed by atoms with E-state index >= 15 is 0 Å². The molecule has 1 saturated heterocycles. The fourth-order valence-electron chi connectivity index (χ4n) is 1.88. The minimum Gasteiger partial charge on any atom is -0.496 e. The molecule has 0 N–H and O–H groups in total. The zero-order valence-electron chi connectivity index (χ0n) is 9.03. The van der Waals surface area contributed by atoms with E-state index in [1.54, 1.807) is 13.2 Å². The summed E-state index contributed by atoms with van der Waals surface area (Å²) in [4.78, 5) is 11.4. The van der Waals surface area contributed by atoms with E-state index < -0.39 is 0 Å². The molecule has 0 spiro atoms. The lowest BCUT2D eigenvalue weighted by Gasteiger charge is -2.24. The number of carbonyl (C=O) groups excluding carboxylic acids is 1. The standard InChI is InChI=1S/C12H13ClO3/c1-15-10-4-2-3-9(13)12(10)11-7-8(14)5-6-16-11/h2-4,11H,5-7H2,1H3. The average Bonchev–Trinajstić information content (AvgIpc) is 2.28. The van der Waals surface area contributed by atoms with Gasteiger partial charge in [-0.05, 0) is 12.1 Å². The summed E-state index contributed by atoms with van der Waals surface area (Å²) in [5.74, 6) is 0.880. The Bertz CT molecular complexity index is 403. The van der Waals surface area contributed by atoms with Crippen LogP contribution in [0.25, 0.3) is 0 Å². The number of benzene rings is 1. The second-order valence-electron chi connectivity index (χ2n) is 3.71. The predicted octanol–water partition coefficient (Wildman–Crippen LogP) is 2.77. The summed E-state index contributed by atoms with van der Waals surface area (Å²) in [6.45, 7) is 0.456. The van der Waals surface area contributed by atoms with E-state index in [1.165, 1.54) is 0 Å². The average molecular weight is 241 g/mol. The Morgan fingerprint density at radius 3 is 3.00 bits per heavy atom. The number of methoxy groups -OCH3 is 1. The van der Waals surface area contributed by atoms with Crippen LogP contribution in [0.4, 0.5) is 0 Å². The summed E-state index contributed by atoms with van der Waals surface area (Å²) in [7, 11) is 1.58. The van der Waals surface area contributed by atoms with Crippen molar-refractivity contribution in [3.63, 3.8) is 0 Å². The molecule has 3 nitrogen and oxygen atoms in total. The molecule has 2 rings (SSSR count). The van der Waals surface area contributed by atoms with Crippen molar-refractivity contribution in [2.24, 2.45) is 0 Å². The first kappa shape index (κ1) is 11.4. The molecule has 1 atom stereocenters. The largest absolute Gasteiger partial charge is 0.496 e. The van der Waals surface area contributed by atoms with Crippen LogP contribution in [0.2, 0.25) is 5.02 Å². The Morgan fingerprint density at radius 2 is 2.31 bits per heavy atom. The van der Waals surface area contributed by atoms with Gasteiger partial charge in [-0.25, -0.2) is 0 Å². The first-order valence-corrected chi connectivity index (χ1v) is 5.56. The molecule has 16 heavy (non-hydrogen) atoms. The minimum atomic E-state index is -0.273. The van der Waals surface area contributed by atoms with Crippen LogP contribution in [0.3, 0.4) is 0 Å². The number of rotatable bonds is 2. The fraction of sp³-hybridized carbons (Fsp3) is 0.417. The smallest absolute Gasteiger partial charge is 0.138 e. The van der Waals surface area contributed by atoms with E-state index in [-0.39, 0.29) is 11.9 Å². The van der Waals surface area contributed by atoms with Crippen molar-refractivity contribution in [2.45, 2.75) is 18.9 Å². The van der Waals surface area contributed by atoms with Crippen molar-refractivity contribution in [1.29, 1.82) is 0 Å². The maximum absolute atomic E-state index is 11.4. The Balaban J connectivity index is 2.34. The predicted molar refractivity (Wildman–Crippen MR) is 60.9 cm³/mol. The number of Topliss-reactive ketones (excluding diaryl/α,β-unsaturated/α-hetero) is 1. The molecule has 0 aliphatic carbocycles. The zero-order chi connectivity index (χ0) is 11.5. The van der Waals surface area contributed by atoms with Gasteiger partial charge < -0.3 is 9.47 Å². The van der Waals surface area contributed by atoms with Crippen LogP contribution in [0.5, 0.6) is 5.75 Å². The molecule has 4 heteroatoms. The van der Waals surface area contributed by atoms with Gasteiger partial charge in [-0.2, -0.15) is 0 Å². The summed E-state index contributed by atoms with van der Waals surface area (Å²) in [6.07, 6.45) is 0.591. The number of hydrogen-bond donors (Lipinski definition) is 0. The quantitative estimate of drug-likeness (QED) is 0.798. The molecule has 0 aromatic heterocycles. The van der Waals surface area contributed by atoms with Crippen molar-refractivity contribution < 1.29 is 14.3 Å². The van der Waals surface area contributed by atoms with Crippen molar-refractivity contribution in [3.8, 4) is 5.75 Å². The summed E-state index contributed by atoms with van der Waals surface area (Å²) in [5.41, 5.74) is 0.778. The van der Waals surface area contributed by atoms with Gasteiger partial charge >= 0.3 is 0 Å². The lowest BCUT2D eigenvalue weighted by atomic mass is 9.99. The van der Waals surface area contributed by atoms with Gasteiger partial charge in [0.2, 0.25) is 0 Å². The van der Waals surface area contributed by atoms with Gasteiger partial charge in [-0.1, -0.05) is 17.7 Å². The molecule has 0 bridgehead atoms. The highest BCUT2D eigenvalue weighted by molar-refractivity contribution is 6.31. The molecule has 0 amide bonds. The Morgan fingerprint density at radius 1 is 1.50 bits per heavy atom. The van der Waals surface area contributed by atoms with Crippen LogP contribution in [0.15, 0.2) is 18.2 Å². The van der Waals surface area contributed by atoms with Crippen LogP contribution in [0.1, 0.15) is 24.5 Å². The van der Waals surface area contributed by atoms with Gasteiger partial charge in [-0.15, -0.1) is 0 Å². The lowest BCUT2D eigenvalue weighted by molar-refractivity contribution is -0.128. The normalized spacial score (nSPS) is 20.9. The molecule has 0 radical (unpaired) electrons. The number of carbonyl (C=O) groups is 1. The SMILES string of the molecule is COc1cccc(Cl)c1C1CC(=O)CCO1. The highest BCUT2D eigenvalue weighted by Gasteiger charge is 2.26. The highest BCUT2D eigenvalue weighted by atomic mass is 35.5. The third-order valence-corrected chi connectivity index (χ3v) is 3.00. The number of halogens is 1. The third kappa shape index (κ3) is 2.20. The summed E-state index contributed by atoms with van der Waals surface area (Å²) in [5, 5.41) is 0.582. The monoisotopic (exact) mass is 240 g/mol. The van der Waals surface area contributed by atoms with Crippen molar-refractivity contribution >= 4 is 17.4 Å². The van der Waals surface area contributed by atoms with Gasteiger partial charge in [0.15, 0.2) is 0 Å². The molecule has 1 aromatic rings. The first-order chi connectivity index (χ1) is 7.72. The fourth-order valence-corrected chi connectivity index (χ4v) is 2.16. The maximum Gasteiger partial charge on any atom is 0.138 e. The van der Waals surface area contributed by atoms with Gasteiger partial charge in [-0.3, -0.25) is 4.79 Å². The summed E-state index contributed by atoms with van der Waals surface area (Å²) in [6, 6.07) is 5.42. The van der Waals surface area contributed by atoms with Gasteiger partial charge in [0.1, 0.15) is 11.5 Å². The number of hydrogen-bond acceptors (Lipinski definition) is 3. The first-order valence-electron chi connectivity index (χ1n) is 5.18. The van der Waals surface area contributed by atoms with Gasteiger partial charge in [0, 0.05) is 18.4 Å². The Labute approximate surface area is 99.3 Å². The van der Waals surface area contributed by atoms with Crippen molar-refractivity contribution in [3.05, 3.63) is 28.8 Å². The molecule has 1 aromatic carbocycles. The van der Waals surface area contributed by atoms with Crippen LogP contribution >= 0.6 is 11.6 Å². The number of ketones is 1. The van der Waals surface area contributed by atoms with E-state index in [4.69, 9.17) is 21.1 Å². The van der Waals surface area contributed by atoms with E-state index in [9.17, 15) is 4.79 Å². The molecule has 0 saturated carbocycles. The van der Waals surface area contributed by atoms with Crippen LogP contribution < -0.4 is 4.74 Å². The second-order valence-corrected chi connectivity index (χ2v) is 4.12. The molecule has 1 fully saturated rings. The lowest BCUT2D eigenvalue weighted by Crippen LogP contribution is -2.20. The van der Waals surface area contributed by atoms with E-state index in [0.717, 1.165) is 5.56 Å². The summed E-state index contributed by atoms with van der Waals surface area (Å²) < 4.78 is 10.8. The topological polar surface area (TPSA) is 35.5 Å². The Hall–Kier alpha value is -1.06. The molecule has 1 aliphatic heterocycles. The van der Waals surface area contributed by atoms with E-state index in [0.29, 0.717) is 30.2 Å². The molecule has 1 heterocycles. The number of ether oxygens (including phenoxy) is 2. The molecule has 1 unspecified atom stereocenters. The second kappa shape index (κ2) is 4.85. The van der Waals surface area contributed by atoms with E-state index in [2.05, 4.69) is 0 Å². The van der Waals surface area contributed by atoms with Crippen LogP contribution in [-0.2, 0) is 9.53 Å².